The van der Waals surface area contributed by atoms with Crippen LogP contribution in [0.5, 0.6) is 0 Å². The molecule has 0 bridgehead atoms. The van der Waals surface area contributed by atoms with Crippen LogP contribution in [0.4, 0.5) is 0 Å². The highest BCUT2D eigenvalue weighted by Crippen LogP contribution is 2.46. The Kier molecular flexibility index (Phi) is 5.61. The number of nitrogens with zero attached hydrogens (tertiary/aromatic N) is 2. The molecule has 0 N–H and O–H groups in total. The molecule has 0 fully saturated rings. The fourth-order valence-electron chi connectivity index (χ4n) is 7.76. The summed E-state index contributed by atoms with van der Waals surface area (Å²) < 4.78 is 2.38. The first-order valence-electron chi connectivity index (χ1n) is 16.2. The van der Waals surface area contributed by atoms with E-state index >= 15 is 0 Å². The summed E-state index contributed by atoms with van der Waals surface area (Å²) in [5, 5.41) is 12.5. The average Bonchev–Trinajstić information content (AvgIpc) is 3.53. The van der Waals surface area contributed by atoms with Gasteiger partial charge in [-0.15, -0.1) is 0 Å². The lowest BCUT2D eigenvalue weighted by atomic mass is 9.85. The molecular formula is C45H28N2. The minimum atomic E-state index is 0.942. The summed E-state index contributed by atoms with van der Waals surface area (Å²) in [6.07, 6.45) is 0. The van der Waals surface area contributed by atoms with Crippen LogP contribution in [0, 0.1) is 0 Å². The lowest BCUT2D eigenvalue weighted by Gasteiger charge is -2.21. The van der Waals surface area contributed by atoms with Gasteiger partial charge in [0, 0.05) is 16.3 Å². The van der Waals surface area contributed by atoms with E-state index < -0.39 is 0 Å². The van der Waals surface area contributed by atoms with E-state index in [-0.39, 0.29) is 0 Å². The maximum Gasteiger partial charge on any atom is 0.145 e. The van der Waals surface area contributed by atoms with Crippen LogP contribution in [-0.4, -0.2) is 9.55 Å². The monoisotopic (exact) mass is 596 g/mol. The highest BCUT2D eigenvalue weighted by molar-refractivity contribution is 6.27. The first-order chi connectivity index (χ1) is 23.3. The van der Waals surface area contributed by atoms with Gasteiger partial charge in [0.1, 0.15) is 5.82 Å². The van der Waals surface area contributed by atoms with Gasteiger partial charge in [-0.05, 0) is 72.4 Å². The third-order valence-electron chi connectivity index (χ3n) is 9.74. The van der Waals surface area contributed by atoms with E-state index in [4.69, 9.17) is 4.98 Å². The average molecular weight is 597 g/mol. The zero-order valence-corrected chi connectivity index (χ0v) is 25.6. The van der Waals surface area contributed by atoms with E-state index in [9.17, 15) is 0 Å². The molecule has 0 amide bonds. The van der Waals surface area contributed by atoms with Crippen molar-refractivity contribution in [3.63, 3.8) is 0 Å². The second kappa shape index (κ2) is 10.1. The molecule has 0 radical (unpaired) electrons. The Labute approximate surface area is 271 Å². The SMILES string of the molecule is c1ccc(-c2nc3ccccc3n2-c2c3ccccc3c(-c3cc4ccc5ccccc5c4c4ccccc34)c3ccccc23)cc1. The van der Waals surface area contributed by atoms with Gasteiger partial charge >= 0.3 is 0 Å². The number of benzene rings is 9. The second-order valence-corrected chi connectivity index (χ2v) is 12.3. The summed E-state index contributed by atoms with van der Waals surface area (Å²) in [7, 11) is 0. The molecule has 10 rings (SSSR count). The molecule has 1 heterocycles. The van der Waals surface area contributed by atoms with E-state index in [1.54, 1.807) is 0 Å². The van der Waals surface area contributed by atoms with Crippen molar-refractivity contribution < 1.29 is 0 Å². The van der Waals surface area contributed by atoms with Crippen LogP contribution < -0.4 is 0 Å². The van der Waals surface area contributed by atoms with Crippen molar-refractivity contribution in [1.82, 2.24) is 9.55 Å². The van der Waals surface area contributed by atoms with Crippen LogP contribution >= 0.6 is 0 Å². The Morgan fingerprint density at radius 2 is 0.957 bits per heavy atom. The Bertz CT molecular complexity index is 2790. The molecule has 10 aromatic rings. The molecule has 0 atom stereocenters. The van der Waals surface area contributed by atoms with Crippen molar-refractivity contribution in [3.8, 4) is 28.2 Å². The van der Waals surface area contributed by atoms with Crippen molar-refractivity contribution in [2.75, 3.05) is 0 Å². The summed E-state index contributed by atoms with van der Waals surface area (Å²) in [4.78, 5) is 5.22. The standard InChI is InChI=1S/C45H28N2/c1-2-15-30(16-3-1)45-46-40-24-12-13-25-41(40)47(45)44-37-22-10-8-20-35(37)43(36-21-9-11-23-38(36)44)39-28-31-27-26-29-14-4-5-17-32(29)42(31)34-19-7-6-18-33(34)39/h1-28H. The molecule has 2 nitrogen and oxygen atoms in total. The number of para-hydroxylation sites is 2. The van der Waals surface area contributed by atoms with Crippen LogP contribution in [-0.2, 0) is 0 Å². The number of fused-ring (bicyclic) bond motifs is 8. The van der Waals surface area contributed by atoms with E-state index in [2.05, 4.69) is 174 Å². The van der Waals surface area contributed by atoms with Crippen molar-refractivity contribution >= 4 is 64.9 Å². The van der Waals surface area contributed by atoms with E-state index in [0.29, 0.717) is 0 Å². The third-order valence-corrected chi connectivity index (χ3v) is 9.74. The van der Waals surface area contributed by atoms with Gasteiger partial charge in [0.05, 0.1) is 16.7 Å². The predicted molar refractivity (Wildman–Crippen MR) is 199 cm³/mol. The van der Waals surface area contributed by atoms with Crippen LogP contribution in [0.1, 0.15) is 0 Å². The number of hydrogen-bond donors (Lipinski definition) is 0. The molecule has 9 aromatic carbocycles. The number of hydrogen-bond acceptors (Lipinski definition) is 1. The van der Waals surface area contributed by atoms with E-state index in [1.807, 2.05) is 0 Å². The lowest BCUT2D eigenvalue weighted by Crippen LogP contribution is -2.01. The van der Waals surface area contributed by atoms with Crippen LogP contribution in [0.2, 0.25) is 0 Å². The maximum atomic E-state index is 5.22. The molecule has 1 aromatic heterocycles. The fourth-order valence-corrected chi connectivity index (χ4v) is 7.76. The molecule has 0 spiro atoms. The Morgan fingerprint density at radius 1 is 0.404 bits per heavy atom. The second-order valence-electron chi connectivity index (χ2n) is 12.3. The van der Waals surface area contributed by atoms with E-state index in [0.717, 1.165) is 28.1 Å². The van der Waals surface area contributed by atoms with Crippen molar-refractivity contribution in [3.05, 3.63) is 170 Å². The molecule has 2 heteroatoms. The maximum absolute atomic E-state index is 5.22. The minimum absolute atomic E-state index is 0.942. The quantitative estimate of drug-likeness (QED) is 0.147. The van der Waals surface area contributed by atoms with Gasteiger partial charge in [0.15, 0.2) is 0 Å². The minimum Gasteiger partial charge on any atom is -0.291 e. The van der Waals surface area contributed by atoms with Crippen molar-refractivity contribution in [2.45, 2.75) is 0 Å². The highest BCUT2D eigenvalue weighted by Gasteiger charge is 2.22. The van der Waals surface area contributed by atoms with Crippen LogP contribution in [0.25, 0.3) is 93.1 Å². The Balaban J connectivity index is 1.38. The van der Waals surface area contributed by atoms with Gasteiger partial charge in [-0.1, -0.05) is 152 Å². The molecule has 0 saturated heterocycles. The molecule has 0 aliphatic carbocycles. The summed E-state index contributed by atoms with van der Waals surface area (Å²) in [5.41, 5.74) is 6.84. The number of imidazole rings is 1. The van der Waals surface area contributed by atoms with Gasteiger partial charge < -0.3 is 0 Å². The first kappa shape index (κ1) is 26.0. The van der Waals surface area contributed by atoms with Gasteiger partial charge in [0.2, 0.25) is 0 Å². The fraction of sp³-hybridized carbons (Fsp3) is 0. The first-order valence-corrected chi connectivity index (χ1v) is 16.2. The number of aromatic nitrogens is 2. The summed E-state index contributed by atoms with van der Waals surface area (Å²) >= 11 is 0. The molecule has 47 heavy (non-hydrogen) atoms. The van der Waals surface area contributed by atoms with Gasteiger partial charge in [0.25, 0.3) is 0 Å². The zero-order valence-electron chi connectivity index (χ0n) is 25.6. The zero-order chi connectivity index (χ0) is 30.9. The molecule has 0 saturated carbocycles. The smallest absolute Gasteiger partial charge is 0.145 e. The molecule has 0 aliphatic heterocycles. The summed E-state index contributed by atoms with van der Waals surface area (Å²) in [6.45, 7) is 0. The largest absolute Gasteiger partial charge is 0.291 e. The molecule has 0 unspecified atom stereocenters. The van der Waals surface area contributed by atoms with E-state index in [1.165, 1.54) is 65.0 Å². The molecule has 218 valence electrons. The lowest BCUT2D eigenvalue weighted by molar-refractivity contribution is 1.13. The van der Waals surface area contributed by atoms with Crippen molar-refractivity contribution in [1.29, 1.82) is 0 Å². The Hall–Kier alpha value is -6.25. The van der Waals surface area contributed by atoms with Crippen LogP contribution in [0.15, 0.2) is 170 Å². The normalized spacial score (nSPS) is 11.8. The predicted octanol–water partition coefficient (Wildman–Crippen LogP) is 12.1. The topological polar surface area (TPSA) is 17.8 Å². The number of rotatable bonds is 3. The summed E-state index contributed by atoms with van der Waals surface area (Å²) in [5.74, 6) is 0.942. The summed E-state index contributed by atoms with van der Waals surface area (Å²) in [6, 6.07) is 61.5. The van der Waals surface area contributed by atoms with Gasteiger partial charge in [-0.25, -0.2) is 4.98 Å². The van der Waals surface area contributed by atoms with Gasteiger partial charge in [-0.3, -0.25) is 4.57 Å². The Morgan fingerprint density at radius 3 is 1.70 bits per heavy atom. The molecular weight excluding hydrogens is 569 g/mol. The highest BCUT2D eigenvalue weighted by atomic mass is 15.1. The van der Waals surface area contributed by atoms with Crippen LogP contribution in [0.3, 0.4) is 0 Å². The third kappa shape index (κ3) is 3.82. The van der Waals surface area contributed by atoms with Gasteiger partial charge in [-0.2, -0.15) is 0 Å². The molecule has 0 aliphatic rings. The van der Waals surface area contributed by atoms with Crippen molar-refractivity contribution in [2.24, 2.45) is 0 Å².